The molecule has 0 saturated carbocycles. The van der Waals surface area contributed by atoms with Crippen molar-refractivity contribution in [2.75, 3.05) is 40.0 Å². The molecule has 0 radical (unpaired) electrons. The molecular weight excluding hydrogens is 366 g/mol. The Kier molecular flexibility index (Phi) is 6.63. The first-order valence-electron chi connectivity index (χ1n) is 10.2. The van der Waals surface area contributed by atoms with Gasteiger partial charge in [0, 0.05) is 11.2 Å². The van der Waals surface area contributed by atoms with Gasteiger partial charge in [-0.1, -0.05) is 24.3 Å². The summed E-state index contributed by atoms with van der Waals surface area (Å²) in [6, 6.07) is 17.5. The molecule has 1 aliphatic heterocycles. The van der Waals surface area contributed by atoms with Gasteiger partial charge >= 0.3 is 0 Å². The molecule has 0 atom stereocenters. The number of methoxy groups -OCH3 is 1. The van der Waals surface area contributed by atoms with E-state index in [0.717, 1.165) is 45.0 Å². The molecule has 0 N–H and O–H groups in total. The molecule has 0 unspecified atom stereocenters. The van der Waals surface area contributed by atoms with E-state index in [-0.39, 0.29) is 0 Å². The van der Waals surface area contributed by atoms with Gasteiger partial charge < -0.3 is 14.4 Å². The summed E-state index contributed by atoms with van der Waals surface area (Å²) in [5, 5.41) is 3.50. The predicted octanol–water partition coefficient (Wildman–Crippen LogP) is 5.35. The molecule has 0 amide bonds. The molecule has 1 fully saturated rings. The first-order valence-corrected chi connectivity index (χ1v) is 11.1. The van der Waals surface area contributed by atoms with Gasteiger partial charge in [-0.05, 0) is 84.4 Å². The average molecular weight is 396 g/mol. The topological polar surface area (TPSA) is 21.7 Å². The van der Waals surface area contributed by atoms with Crippen LogP contribution in [0.1, 0.15) is 29.9 Å². The van der Waals surface area contributed by atoms with E-state index >= 15 is 0 Å². The van der Waals surface area contributed by atoms with E-state index in [1.807, 2.05) is 0 Å². The van der Waals surface area contributed by atoms with Gasteiger partial charge in [-0.2, -0.15) is 0 Å². The fourth-order valence-electron chi connectivity index (χ4n) is 4.02. The molecule has 0 bridgehead atoms. The Hall–Kier alpha value is -1.88. The molecular formula is C24H29NO2S. The summed E-state index contributed by atoms with van der Waals surface area (Å²) in [6.07, 6.45) is 3.45. The number of benzene rings is 2. The molecule has 0 spiro atoms. The molecule has 2 aromatic carbocycles. The Morgan fingerprint density at radius 3 is 2.61 bits per heavy atom. The smallest absolute Gasteiger partial charge is 0.118 e. The fourth-order valence-corrected chi connectivity index (χ4v) is 4.79. The van der Waals surface area contributed by atoms with Gasteiger partial charge in [0.15, 0.2) is 0 Å². The van der Waals surface area contributed by atoms with Crippen molar-refractivity contribution in [3.63, 3.8) is 0 Å². The summed E-state index contributed by atoms with van der Waals surface area (Å²) in [4.78, 5) is 2.54. The quantitative estimate of drug-likeness (QED) is 0.480. The van der Waals surface area contributed by atoms with Gasteiger partial charge in [-0.25, -0.2) is 0 Å². The molecule has 4 heteroatoms. The van der Waals surface area contributed by atoms with Crippen molar-refractivity contribution < 1.29 is 9.47 Å². The number of hydrogen-bond acceptors (Lipinski definition) is 4. The molecule has 28 heavy (non-hydrogen) atoms. The van der Waals surface area contributed by atoms with Crippen LogP contribution in [0.3, 0.4) is 0 Å². The average Bonchev–Trinajstić information content (AvgIpc) is 3.22. The third-order valence-electron chi connectivity index (χ3n) is 5.78. The van der Waals surface area contributed by atoms with Crippen LogP contribution in [0.25, 0.3) is 10.1 Å². The Balaban J connectivity index is 1.13. The number of likely N-dealkylation sites (tertiary alicyclic amines) is 1. The summed E-state index contributed by atoms with van der Waals surface area (Å²) < 4.78 is 12.5. The minimum atomic E-state index is 0.676. The second-order valence-corrected chi connectivity index (χ2v) is 8.49. The Morgan fingerprint density at radius 1 is 1.00 bits per heavy atom. The maximum atomic E-state index is 5.92. The lowest BCUT2D eigenvalue weighted by molar-refractivity contribution is 0.0957. The minimum absolute atomic E-state index is 0.676. The largest absolute Gasteiger partial charge is 0.497 e. The number of nitrogens with zero attached hydrogens (tertiary/aromatic N) is 1. The SMILES string of the molecule is COc1ccc(C2CCN(CCOCCc3ccc4sccc4c3)CC2)cc1. The van der Waals surface area contributed by atoms with Gasteiger partial charge in [0.1, 0.15) is 5.75 Å². The number of fused-ring (bicyclic) bond motifs is 1. The second-order valence-electron chi connectivity index (χ2n) is 7.54. The van der Waals surface area contributed by atoms with Crippen molar-refractivity contribution in [2.24, 2.45) is 0 Å². The molecule has 2 heterocycles. The Labute approximate surface area is 171 Å². The number of hydrogen-bond donors (Lipinski definition) is 0. The molecule has 3 aromatic rings. The lowest BCUT2D eigenvalue weighted by atomic mass is 9.89. The number of rotatable bonds is 8. The summed E-state index contributed by atoms with van der Waals surface area (Å²) in [5.41, 5.74) is 2.81. The van der Waals surface area contributed by atoms with Crippen LogP contribution >= 0.6 is 11.3 Å². The molecule has 1 aliphatic rings. The van der Waals surface area contributed by atoms with Crippen LogP contribution in [0.4, 0.5) is 0 Å². The standard InChI is InChI=1S/C24H29NO2S/c1-26-23-5-3-20(4-6-23)21-8-12-25(13-9-21)14-16-27-15-10-19-2-7-24-22(18-19)11-17-28-24/h2-7,11,17-18,21H,8-10,12-16H2,1H3. The van der Waals surface area contributed by atoms with Gasteiger partial charge in [-0.15, -0.1) is 11.3 Å². The van der Waals surface area contributed by atoms with Crippen LogP contribution in [0.15, 0.2) is 53.9 Å². The number of ether oxygens (including phenoxy) is 2. The van der Waals surface area contributed by atoms with Crippen molar-refractivity contribution in [3.8, 4) is 5.75 Å². The third-order valence-corrected chi connectivity index (χ3v) is 6.68. The highest BCUT2D eigenvalue weighted by Gasteiger charge is 2.20. The lowest BCUT2D eigenvalue weighted by Gasteiger charge is -2.32. The minimum Gasteiger partial charge on any atom is -0.497 e. The van der Waals surface area contributed by atoms with Crippen molar-refractivity contribution in [1.29, 1.82) is 0 Å². The van der Waals surface area contributed by atoms with Crippen molar-refractivity contribution in [2.45, 2.75) is 25.2 Å². The summed E-state index contributed by atoms with van der Waals surface area (Å²) >= 11 is 1.80. The zero-order valence-electron chi connectivity index (χ0n) is 16.6. The monoisotopic (exact) mass is 395 g/mol. The highest BCUT2D eigenvalue weighted by atomic mass is 32.1. The molecule has 0 aliphatic carbocycles. The first kappa shape index (κ1) is 19.4. The van der Waals surface area contributed by atoms with E-state index in [2.05, 4.69) is 58.8 Å². The van der Waals surface area contributed by atoms with Crippen LogP contribution < -0.4 is 4.74 Å². The van der Waals surface area contributed by atoms with Crippen LogP contribution in [0, 0.1) is 0 Å². The maximum absolute atomic E-state index is 5.92. The first-order chi connectivity index (χ1) is 13.8. The summed E-state index contributed by atoms with van der Waals surface area (Å²) in [5.74, 6) is 1.61. The Bertz CT molecular complexity index is 866. The van der Waals surface area contributed by atoms with Crippen molar-refractivity contribution >= 4 is 21.4 Å². The van der Waals surface area contributed by atoms with Crippen LogP contribution in [0.2, 0.25) is 0 Å². The van der Waals surface area contributed by atoms with Crippen LogP contribution in [0.5, 0.6) is 5.75 Å². The fraction of sp³-hybridized carbons (Fsp3) is 0.417. The predicted molar refractivity (Wildman–Crippen MR) is 118 cm³/mol. The van der Waals surface area contributed by atoms with E-state index in [1.54, 1.807) is 18.4 Å². The van der Waals surface area contributed by atoms with Crippen LogP contribution in [-0.2, 0) is 11.2 Å². The zero-order chi connectivity index (χ0) is 19.2. The van der Waals surface area contributed by atoms with Gasteiger partial charge in [0.05, 0.1) is 20.3 Å². The third kappa shape index (κ3) is 4.93. The number of thiophene rings is 1. The van der Waals surface area contributed by atoms with E-state index in [0.29, 0.717) is 5.92 Å². The number of piperidine rings is 1. The van der Waals surface area contributed by atoms with Gasteiger partial charge in [0.25, 0.3) is 0 Å². The molecule has 4 rings (SSSR count). The Morgan fingerprint density at radius 2 is 1.82 bits per heavy atom. The normalized spacial score (nSPS) is 15.9. The van der Waals surface area contributed by atoms with Crippen LogP contribution in [-0.4, -0.2) is 44.9 Å². The molecule has 1 aromatic heterocycles. The van der Waals surface area contributed by atoms with E-state index < -0.39 is 0 Å². The van der Waals surface area contributed by atoms with Crippen molar-refractivity contribution in [3.05, 3.63) is 65.0 Å². The van der Waals surface area contributed by atoms with E-state index in [9.17, 15) is 0 Å². The highest BCUT2D eigenvalue weighted by Crippen LogP contribution is 2.29. The lowest BCUT2D eigenvalue weighted by Crippen LogP contribution is -2.35. The molecule has 148 valence electrons. The highest BCUT2D eigenvalue weighted by molar-refractivity contribution is 7.17. The maximum Gasteiger partial charge on any atom is 0.118 e. The summed E-state index contributed by atoms with van der Waals surface area (Å²) in [7, 11) is 1.72. The van der Waals surface area contributed by atoms with Gasteiger partial charge in [0.2, 0.25) is 0 Å². The van der Waals surface area contributed by atoms with Gasteiger partial charge in [-0.3, -0.25) is 0 Å². The van der Waals surface area contributed by atoms with E-state index in [1.165, 1.54) is 34.1 Å². The molecule has 1 saturated heterocycles. The zero-order valence-corrected chi connectivity index (χ0v) is 17.4. The van der Waals surface area contributed by atoms with E-state index in [4.69, 9.17) is 9.47 Å². The van der Waals surface area contributed by atoms with Crippen molar-refractivity contribution in [1.82, 2.24) is 4.90 Å². The molecule has 3 nitrogen and oxygen atoms in total. The summed E-state index contributed by atoms with van der Waals surface area (Å²) in [6.45, 7) is 4.99. The second kappa shape index (κ2) is 9.55.